The molecule has 1 fully saturated rings. The Balaban J connectivity index is 1.84. The Hall–Kier alpha value is -2.41. The lowest BCUT2D eigenvalue weighted by Gasteiger charge is -2.14. The average molecular weight is 374 g/mol. The van der Waals surface area contributed by atoms with E-state index in [4.69, 9.17) is 4.74 Å². The molecule has 1 aliphatic heterocycles. The Morgan fingerprint density at radius 2 is 1.81 bits per heavy atom. The first-order valence-electron chi connectivity index (χ1n) is 8.57. The second-order valence-corrected chi connectivity index (χ2v) is 7.74. The molecule has 1 saturated heterocycles. The molecule has 0 aromatic carbocycles. The predicted octanol–water partition coefficient (Wildman–Crippen LogP) is 3.08. The summed E-state index contributed by atoms with van der Waals surface area (Å²) in [4.78, 5) is 38.7. The highest BCUT2D eigenvalue weighted by Crippen LogP contribution is 2.33. The molecule has 3 heterocycles. The second kappa shape index (κ2) is 7.07. The molecule has 2 amide bonds. The third-order valence-corrected chi connectivity index (χ3v) is 5.94. The van der Waals surface area contributed by atoms with E-state index < -0.39 is 18.5 Å². The van der Waals surface area contributed by atoms with Gasteiger partial charge in [-0.25, -0.2) is 4.79 Å². The van der Waals surface area contributed by atoms with Crippen LogP contribution in [0.4, 0.5) is 0 Å². The van der Waals surface area contributed by atoms with E-state index in [1.807, 2.05) is 44.4 Å². The summed E-state index contributed by atoms with van der Waals surface area (Å²) in [6.07, 6.45) is 1.04. The molecule has 0 aliphatic carbocycles. The molecular formula is C19H22N2O4S. The van der Waals surface area contributed by atoms with Crippen LogP contribution in [0.1, 0.15) is 45.0 Å². The predicted molar refractivity (Wildman–Crippen MR) is 98.8 cm³/mol. The minimum absolute atomic E-state index is 0.201. The summed E-state index contributed by atoms with van der Waals surface area (Å²) < 4.78 is 7.30. The van der Waals surface area contributed by atoms with Crippen molar-refractivity contribution in [3.05, 3.63) is 39.5 Å². The highest BCUT2D eigenvalue weighted by Gasteiger charge is 2.29. The Morgan fingerprint density at radius 3 is 2.38 bits per heavy atom. The first-order chi connectivity index (χ1) is 12.3. The number of ether oxygens (including phenoxy) is 1. The Bertz CT molecular complexity index is 874. The third-order valence-electron chi connectivity index (χ3n) is 4.75. The number of carbonyl (C=O) groups is 3. The lowest BCUT2D eigenvalue weighted by molar-refractivity contribution is -0.143. The maximum Gasteiger partial charge on any atom is 0.341 e. The first-order valence-corrected chi connectivity index (χ1v) is 9.38. The smallest absolute Gasteiger partial charge is 0.341 e. The van der Waals surface area contributed by atoms with Crippen LogP contribution in [0.25, 0.3) is 5.00 Å². The molecule has 0 unspecified atom stereocenters. The van der Waals surface area contributed by atoms with Gasteiger partial charge in [0.25, 0.3) is 5.91 Å². The van der Waals surface area contributed by atoms with E-state index in [2.05, 4.69) is 0 Å². The van der Waals surface area contributed by atoms with Gasteiger partial charge in [-0.15, -0.1) is 11.3 Å². The number of hydrogen-bond acceptors (Lipinski definition) is 5. The quantitative estimate of drug-likeness (QED) is 0.771. The minimum atomic E-state index is -0.533. The van der Waals surface area contributed by atoms with Crippen molar-refractivity contribution < 1.29 is 19.1 Å². The van der Waals surface area contributed by atoms with Gasteiger partial charge in [0.15, 0.2) is 6.61 Å². The van der Waals surface area contributed by atoms with Crippen LogP contribution in [-0.2, 0) is 14.3 Å². The third kappa shape index (κ3) is 3.19. The topological polar surface area (TPSA) is 68.6 Å². The summed E-state index contributed by atoms with van der Waals surface area (Å²) in [5.41, 5.74) is 3.38. The van der Waals surface area contributed by atoms with E-state index in [9.17, 15) is 14.4 Å². The van der Waals surface area contributed by atoms with E-state index in [1.54, 1.807) is 0 Å². The van der Waals surface area contributed by atoms with Crippen LogP contribution in [0.15, 0.2) is 12.1 Å². The van der Waals surface area contributed by atoms with Gasteiger partial charge in [-0.05, 0) is 51.8 Å². The molecule has 0 N–H and O–H groups in total. The molecule has 138 valence electrons. The van der Waals surface area contributed by atoms with Gasteiger partial charge in [0.1, 0.15) is 5.00 Å². The van der Waals surface area contributed by atoms with E-state index in [1.165, 1.54) is 16.2 Å². The fourth-order valence-corrected chi connectivity index (χ4v) is 4.45. The van der Waals surface area contributed by atoms with E-state index in [0.29, 0.717) is 24.9 Å². The number of hydrogen-bond donors (Lipinski definition) is 0. The normalized spacial score (nSPS) is 14.2. The van der Waals surface area contributed by atoms with Gasteiger partial charge in [0.2, 0.25) is 5.91 Å². The summed E-state index contributed by atoms with van der Waals surface area (Å²) in [7, 11) is 0. The zero-order valence-electron chi connectivity index (χ0n) is 15.4. The van der Waals surface area contributed by atoms with Crippen LogP contribution in [-0.4, -0.2) is 40.4 Å². The number of imide groups is 1. The maximum absolute atomic E-state index is 12.7. The van der Waals surface area contributed by atoms with Crippen molar-refractivity contribution >= 4 is 29.1 Å². The van der Waals surface area contributed by atoms with Crippen molar-refractivity contribution in [1.29, 1.82) is 0 Å². The monoisotopic (exact) mass is 374 g/mol. The maximum atomic E-state index is 12.7. The summed E-state index contributed by atoms with van der Waals surface area (Å²) in [5.74, 6) is -1.19. The molecule has 0 atom stereocenters. The van der Waals surface area contributed by atoms with E-state index in [-0.39, 0.29) is 5.91 Å². The van der Waals surface area contributed by atoms with Crippen LogP contribution in [0.5, 0.6) is 0 Å². The number of esters is 1. The summed E-state index contributed by atoms with van der Waals surface area (Å²) in [6.45, 7) is 7.79. The number of carbonyl (C=O) groups excluding carboxylic acids is 3. The lowest BCUT2D eigenvalue weighted by Crippen LogP contribution is -2.35. The molecule has 1 aliphatic rings. The molecule has 0 saturated carbocycles. The van der Waals surface area contributed by atoms with Crippen LogP contribution in [0.2, 0.25) is 0 Å². The van der Waals surface area contributed by atoms with Gasteiger partial charge in [0, 0.05) is 29.2 Å². The molecule has 7 heteroatoms. The fourth-order valence-electron chi connectivity index (χ4n) is 3.18. The van der Waals surface area contributed by atoms with Crippen molar-refractivity contribution in [3.8, 4) is 5.00 Å². The molecule has 2 aromatic rings. The largest absolute Gasteiger partial charge is 0.452 e. The van der Waals surface area contributed by atoms with Gasteiger partial charge < -0.3 is 9.30 Å². The summed E-state index contributed by atoms with van der Waals surface area (Å²) >= 11 is 1.53. The van der Waals surface area contributed by atoms with Gasteiger partial charge in [-0.3, -0.25) is 14.5 Å². The molecule has 26 heavy (non-hydrogen) atoms. The average Bonchev–Trinajstić information content (AvgIpc) is 3.24. The molecule has 2 aromatic heterocycles. The van der Waals surface area contributed by atoms with Crippen molar-refractivity contribution in [2.24, 2.45) is 0 Å². The molecule has 0 radical (unpaired) electrons. The minimum Gasteiger partial charge on any atom is -0.452 e. The zero-order valence-corrected chi connectivity index (χ0v) is 16.2. The van der Waals surface area contributed by atoms with Crippen molar-refractivity contribution in [3.63, 3.8) is 0 Å². The zero-order chi connectivity index (χ0) is 19.0. The molecule has 3 rings (SSSR count). The number of aromatic nitrogens is 1. The van der Waals surface area contributed by atoms with Gasteiger partial charge >= 0.3 is 5.97 Å². The highest BCUT2D eigenvalue weighted by atomic mass is 32.1. The van der Waals surface area contributed by atoms with Gasteiger partial charge in [-0.2, -0.15) is 0 Å². The van der Waals surface area contributed by atoms with Crippen LogP contribution < -0.4 is 0 Å². The number of aryl methyl sites for hydroxylation is 3. The SMILES string of the molecule is Cc1sc(-n2c(C)ccc2C)c(C(=O)OCC(=O)N2CCCC2=O)c1C. The molecule has 0 bridgehead atoms. The molecular weight excluding hydrogens is 352 g/mol. The van der Waals surface area contributed by atoms with E-state index >= 15 is 0 Å². The van der Waals surface area contributed by atoms with Crippen molar-refractivity contribution in [2.45, 2.75) is 40.5 Å². The second-order valence-electron chi connectivity index (χ2n) is 6.53. The number of rotatable bonds is 4. The number of amides is 2. The van der Waals surface area contributed by atoms with Gasteiger partial charge in [0.05, 0.1) is 5.56 Å². The first kappa shape index (κ1) is 18.4. The number of likely N-dealkylation sites (tertiary alicyclic amines) is 1. The number of thiophene rings is 1. The molecule has 0 spiro atoms. The van der Waals surface area contributed by atoms with Gasteiger partial charge in [-0.1, -0.05) is 0 Å². The Morgan fingerprint density at radius 1 is 1.15 bits per heavy atom. The fraction of sp³-hybridized carbons (Fsp3) is 0.421. The standard InChI is InChI=1S/C19H22N2O4S/c1-11-7-8-12(2)21(11)18-17(13(3)14(4)26-18)19(24)25-10-16(23)20-9-5-6-15(20)22/h7-8H,5-6,9-10H2,1-4H3. The summed E-state index contributed by atoms with van der Waals surface area (Å²) in [5, 5.41) is 0.801. The summed E-state index contributed by atoms with van der Waals surface area (Å²) in [6, 6.07) is 3.99. The Labute approximate surface area is 156 Å². The van der Waals surface area contributed by atoms with Crippen LogP contribution in [0.3, 0.4) is 0 Å². The van der Waals surface area contributed by atoms with Crippen molar-refractivity contribution in [2.75, 3.05) is 13.2 Å². The molecule has 6 nitrogen and oxygen atoms in total. The number of nitrogens with zero attached hydrogens (tertiary/aromatic N) is 2. The highest BCUT2D eigenvalue weighted by molar-refractivity contribution is 7.15. The Kier molecular flexibility index (Phi) is 5.00. The lowest BCUT2D eigenvalue weighted by atomic mass is 10.1. The van der Waals surface area contributed by atoms with Crippen LogP contribution >= 0.6 is 11.3 Å². The van der Waals surface area contributed by atoms with Crippen molar-refractivity contribution in [1.82, 2.24) is 9.47 Å². The van der Waals surface area contributed by atoms with Crippen LogP contribution in [0, 0.1) is 27.7 Å². The van der Waals surface area contributed by atoms with E-state index in [0.717, 1.165) is 26.8 Å².